The molecule has 37 heavy (non-hydrogen) atoms. The Morgan fingerprint density at radius 2 is 1.65 bits per heavy atom. The number of carbonyl (C=O) groups is 1. The van der Waals surface area contributed by atoms with Crippen LogP contribution in [-0.2, 0) is 12.0 Å². The van der Waals surface area contributed by atoms with Crippen LogP contribution in [0, 0.1) is 0 Å². The summed E-state index contributed by atoms with van der Waals surface area (Å²) in [6.45, 7) is 3.79. The van der Waals surface area contributed by atoms with Crippen molar-refractivity contribution in [2.24, 2.45) is 5.73 Å². The Balaban J connectivity index is 1.46. The summed E-state index contributed by atoms with van der Waals surface area (Å²) in [6, 6.07) is 24.7. The van der Waals surface area contributed by atoms with Gasteiger partial charge in [0.15, 0.2) is 0 Å². The topological polar surface area (TPSA) is 120 Å². The highest BCUT2D eigenvalue weighted by Gasteiger charge is 2.29. The fourth-order valence-electron chi connectivity index (χ4n) is 4.14. The number of nitrogens with zero attached hydrogens (tertiary/aromatic N) is 3. The number of rotatable bonds is 8. The molecule has 0 radical (unpaired) electrons. The van der Waals surface area contributed by atoms with Gasteiger partial charge in [0.25, 0.3) is 5.91 Å². The van der Waals surface area contributed by atoms with E-state index >= 15 is 0 Å². The molecule has 2 heterocycles. The summed E-state index contributed by atoms with van der Waals surface area (Å²) in [6.07, 6.45) is 3.55. The Hall–Kier alpha value is -4.56. The van der Waals surface area contributed by atoms with Crippen molar-refractivity contribution in [2.75, 3.05) is 0 Å². The van der Waals surface area contributed by atoms with Gasteiger partial charge in [-0.2, -0.15) is 0 Å². The molecule has 8 heteroatoms. The number of aromatic nitrogens is 3. The number of benzene rings is 3. The second-order valence-corrected chi connectivity index (χ2v) is 9.23. The van der Waals surface area contributed by atoms with E-state index in [4.69, 9.17) is 14.6 Å². The maximum absolute atomic E-state index is 13.3. The van der Waals surface area contributed by atoms with Crippen LogP contribution in [-0.4, -0.2) is 21.1 Å². The minimum absolute atomic E-state index is 0.187. The quantitative estimate of drug-likeness (QED) is 0.301. The lowest BCUT2D eigenvalue weighted by Crippen LogP contribution is -2.35. The van der Waals surface area contributed by atoms with Crippen LogP contribution >= 0.6 is 0 Å². The van der Waals surface area contributed by atoms with Crippen LogP contribution in [0.2, 0.25) is 0 Å². The predicted molar refractivity (Wildman–Crippen MR) is 139 cm³/mol. The first-order valence-electron chi connectivity index (χ1n) is 12.0. The molecule has 0 saturated carbocycles. The van der Waals surface area contributed by atoms with Crippen LogP contribution in [0.25, 0.3) is 22.9 Å². The lowest BCUT2D eigenvalue weighted by molar-refractivity contribution is 0.0940. The Bertz CT molecular complexity index is 1480. The monoisotopic (exact) mass is 493 g/mol. The minimum atomic E-state index is -0.877. The molecule has 0 bridgehead atoms. The Labute approximate surface area is 214 Å². The van der Waals surface area contributed by atoms with Crippen molar-refractivity contribution in [3.8, 4) is 22.9 Å². The Morgan fingerprint density at radius 3 is 2.32 bits per heavy atom. The minimum Gasteiger partial charge on any atom is -0.445 e. The molecule has 3 aromatic carbocycles. The van der Waals surface area contributed by atoms with Crippen LogP contribution < -0.4 is 11.1 Å². The molecular formula is C29H27N5O3. The maximum atomic E-state index is 13.3. The molecule has 0 aliphatic rings. The summed E-state index contributed by atoms with van der Waals surface area (Å²) in [5.74, 6) is 0.674. The van der Waals surface area contributed by atoms with E-state index in [0.29, 0.717) is 34.9 Å². The first-order chi connectivity index (χ1) is 17.9. The molecule has 0 spiro atoms. The summed E-state index contributed by atoms with van der Waals surface area (Å²) in [5, 5.41) is 11.5. The normalized spacial score (nSPS) is 13.6. The fraction of sp³-hybridized carbons (Fsp3) is 0.172. The molecule has 186 valence electrons. The molecule has 0 fully saturated rings. The fourth-order valence-corrected chi connectivity index (χ4v) is 4.14. The summed E-state index contributed by atoms with van der Waals surface area (Å²) >= 11 is 0. The van der Waals surface area contributed by atoms with Crippen LogP contribution in [0.4, 0.5) is 0 Å². The molecule has 5 rings (SSSR count). The van der Waals surface area contributed by atoms with Crippen LogP contribution in [0.3, 0.4) is 0 Å². The molecule has 8 nitrogen and oxygen atoms in total. The first kappa shape index (κ1) is 24.1. The van der Waals surface area contributed by atoms with Gasteiger partial charge in [0.2, 0.25) is 17.7 Å². The zero-order valence-electron chi connectivity index (χ0n) is 20.6. The van der Waals surface area contributed by atoms with E-state index in [-0.39, 0.29) is 17.8 Å². The number of hydrogen-bond acceptors (Lipinski definition) is 7. The van der Waals surface area contributed by atoms with Gasteiger partial charge in [-0.25, -0.2) is 4.98 Å². The SMILES string of the molecule is C[C@@H](NC(=O)c1cc(-c2ncco2)cc(-c2nnc(C(C)(N)Cc3ccccc3)o2)c1)c1ccccc1. The van der Waals surface area contributed by atoms with Crippen molar-refractivity contribution in [2.45, 2.75) is 31.8 Å². The molecule has 2 atom stereocenters. The highest BCUT2D eigenvalue weighted by atomic mass is 16.4. The number of nitrogens with one attached hydrogen (secondary N) is 1. The van der Waals surface area contributed by atoms with E-state index in [2.05, 4.69) is 20.5 Å². The third-order valence-electron chi connectivity index (χ3n) is 6.10. The number of amides is 1. The molecule has 3 N–H and O–H groups in total. The van der Waals surface area contributed by atoms with Gasteiger partial charge >= 0.3 is 0 Å². The van der Waals surface area contributed by atoms with Gasteiger partial charge in [-0.3, -0.25) is 4.79 Å². The van der Waals surface area contributed by atoms with Gasteiger partial charge in [0.05, 0.1) is 17.8 Å². The van der Waals surface area contributed by atoms with Crippen LogP contribution in [0.15, 0.2) is 100 Å². The van der Waals surface area contributed by atoms with Gasteiger partial charge in [-0.15, -0.1) is 10.2 Å². The molecule has 0 aliphatic heterocycles. The number of carbonyl (C=O) groups excluding carboxylic acids is 1. The predicted octanol–water partition coefficient (Wildman–Crippen LogP) is 5.30. The molecule has 5 aromatic rings. The van der Waals surface area contributed by atoms with E-state index < -0.39 is 5.54 Å². The second kappa shape index (κ2) is 10.2. The standard InChI is InChI=1S/C29H27N5O3/c1-19(21-11-7-4-8-12-21)32-25(35)22-15-23(26-31-13-14-36-26)17-24(16-22)27-33-34-28(37-27)29(2,30)18-20-9-5-3-6-10-20/h3-17,19H,18,30H2,1-2H3,(H,32,35)/t19-,29?/m1/s1. The van der Waals surface area contributed by atoms with Crippen molar-refractivity contribution >= 4 is 5.91 Å². The second-order valence-electron chi connectivity index (χ2n) is 9.23. The average Bonchev–Trinajstić information content (AvgIpc) is 3.63. The lowest BCUT2D eigenvalue weighted by atomic mass is 9.94. The van der Waals surface area contributed by atoms with E-state index in [1.807, 2.05) is 74.5 Å². The molecule has 1 unspecified atom stereocenters. The molecule has 0 aliphatic carbocycles. The zero-order chi connectivity index (χ0) is 25.8. The van der Waals surface area contributed by atoms with Gasteiger partial charge < -0.3 is 19.9 Å². The highest BCUT2D eigenvalue weighted by molar-refractivity contribution is 5.96. The number of oxazole rings is 1. The Kier molecular flexibility index (Phi) is 6.66. The smallest absolute Gasteiger partial charge is 0.251 e. The van der Waals surface area contributed by atoms with Crippen LogP contribution in [0.1, 0.15) is 47.3 Å². The van der Waals surface area contributed by atoms with Crippen molar-refractivity contribution in [3.05, 3.63) is 114 Å². The maximum Gasteiger partial charge on any atom is 0.251 e. The Morgan fingerprint density at radius 1 is 0.973 bits per heavy atom. The van der Waals surface area contributed by atoms with E-state index in [0.717, 1.165) is 11.1 Å². The van der Waals surface area contributed by atoms with E-state index in [9.17, 15) is 4.79 Å². The largest absolute Gasteiger partial charge is 0.445 e. The zero-order valence-corrected chi connectivity index (χ0v) is 20.6. The van der Waals surface area contributed by atoms with Crippen molar-refractivity contribution < 1.29 is 13.6 Å². The average molecular weight is 494 g/mol. The van der Waals surface area contributed by atoms with Gasteiger partial charge in [-0.1, -0.05) is 60.7 Å². The summed E-state index contributed by atoms with van der Waals surface area (Å²) in [4.78, 5) is 17.5. The number of hydrogen-bond donors (Lipinski definition) is 2. The molecule has 0 saturated heterocycles. The first-order valence-corrected chi connectivity index (χ1v) is 12.0. The third-order valence-corrected chi connectivity index (χ3v) is 6.10. The number of nitrogens with two attached hydrogens (primary N) is 1. The molecule has 2 aromatic heterocycles. The lowest BCUT2D eigenvalue weighted by Gasteiger charge is -2.20. The van der Waals surface area contributed by atoms with Crippen LogP contribution in [0.5, 0.6) is 0 Å². The van der Waals surface area contributed by atoms with Gasteiger partial charge in [0, 0.05) is 16.7 Å². The van der Waals surface area contributed by atoms with Crippen molar-refractivity contribution in [1.82, 2.24) is 20.5 Å². The van der Waals surface area contributed by atoms with Gasteiger partial charge in [0.1, 0.15) is 6.26 Å². The van der Waals surface area contributed by atoms with Gasteiger partial charge in [-0.05, 0) is 49.6 Å². The van der Waals surface area contributed by atoms with Crippen molar-refractivity contribution in [3.63, 3.8) is 0 Å². The molecule has 1 amide bonds. The summed E-state index contributed by atoms with van der Waals surface area (Å²) < 4.78 is 11.5. The third kappa shape index (κ3) is 5.49. The van der Waals surface area contributed by atoms with Crippen molar-refractivity contribution in [1.29, 1.82) is 0 Å². The van der Waals surface area contributed by atoms with E-state index in [1.54, 1.807) is 24.4 Å². The van der Waals surface area contributed by atoms with E-state index in [1.165, 1.54) is 6.26 Å². The summed E-state index contributed by atoms with van der Waals surface area (Å²) in [7, 11) is 0. The molecular weight excluding hydrogens is 466 g/mol. The highest BCUT2D eigenvalue weighted by Crippen LogP contribution is 2.30. The summed E-state index contributed by atoms with van der Waals surface area (Å²) in [5.41, 5.74) is 9.34.